The van der Waals surface area contributed by atoms with Gasteiger partial charge in [0.2, 0.25) is 0 Å². The van der Waals surface area contributed by atoms with Crippen LogP contribution in [0.25, 0.3) is 0 Å². The molecule has 0 bridgehead atoms. The van der Waals surface area contributed by atoms with Gasteiger partial charge in [0.25, 0.3) is 0 Å². The molecular formula is C15H20ClNO4. The topological polar surface area (TPSA) is 48.0 Å². The first kappa shape index (κ1) is 15.8. The zero-order chi connectivity index (χ0) is 15.4. The van der Waals surface area contributed by atoms with Crippen LogP contribution in [-0.4, -0.2) is 44.2 Å². The van der Waals surface area contributed by atoms with Crippen LogP contribution in [0.2, 0.25) is 0 Å². The molecule has 0 radical (unpaired) electrons. The van der Waals surface area contributed by atoms with Crippen LogP contribution in [0, 0.1) is 0 Å². The molecule has 0 saturated carbocycles. The molecule has 1 aromatic rings. The van der Waals surface area contributed by atoms with Crippen molar-refractivity contribution in [2.45, 2.75) is 19.4 Å². The smallest absolute Gasteiger partial charge is 0.410 e. The maximum Gasteiger partial charge on any atom is 0.410 e. The van der Waals surface area contributed by atoms with E-state index in [1.807, 2.05) is 12.1 Å². The maximum atomic E-state index is 12.0. The summed E-state index contributed by atoms with van der Waals surface area (Å²) in [6.07, 6.45) is 0.408. The average molecular weight is 314 g/mol. The highest BCUT2D eigenvalue weighted by Crippen LogP contribution is 2.38. The lowest BCUT2D eigenvalue weighted by molar-refractivity contribution is 0.0906. The third-order valence-electron chi connectivity index (χ3n) is 3.65. The molecule has 1 aliphatic heterocycles. The molecule has 1 aliphatic rings. The largest absolute Gasteiger partial charge is 0.493 e. The Morgan fingerprint density at radius 2 is 2.00 bits per heavy atom. The highest BCUT2D eigenvalue weighted by molar-refractivity contribution is 6.18. The Hall–Kier alpha value is -1.62. The molecule has 0 N–H and O–H groups in total. The number of fused-ring (bicyclic) bond motifs is 1. The minimum atomic E-state index is -0.330. The summed E-state index contributed by atoms with van der Waals surface area (Å²) in [6.45, 7) is 2.72. The molecule has 6 heteroatoms. The van der Waals surface area contributed by atoms with Crippen LogP contribution < -0.4 is 9.47 Å². The highest BCUT2D eigenvalue weighted by Gasteiger charge is 2.32. The monoisotopic (exact) mass is 313 g/mol. The molecule has 0 aliphatic carbocycles. The van der Waals surface area contributed by atoms with E-state index in [1.165, 1.54) is 0 Å². The lowest BCUT2D eigenvalue weighted by atomic mass is 9.93. The zero-order valence-electron chi connectivity index (χ0n) is 12.5. The van der Waals surface area contributed by atoms with E-state index in [0.29, 0.717) is 30.5 Å². The van der Waals surface area contributed by atoms with E-state index in [-0.39, 0.29) is 12.1 Å². The van der Waals surface area contributed by atoms with Crippen LogP contribution in [0.5, 0.6) is 11.5 Å². The number of hydrogen-bond donors (Lipinski definition) is 0. The second kappa shape index (κ2) is 6.89. The van der Waals surface area contributed by atoms with Gasteiger partial charge in [-0.2, -0.15) is 0 Å². The number of benzene rings is 1. The average Bonchev–Trinajstić information content (AvgIpc) is 2.52. The van der Waals surface area contributed by atoms with Crippen LogP contribution in [0.3, 0.4) is 0 Å². The molecule has 1 unspecified atom stereocenters. The number of ether oxygens (including phenoxy) is 3. The summed E-state index contributed by atoms with van der Waals surface area (Å²) in [6, 6.07) is 3.64. The van der Waals surface area contributed by atoms with E-state index >= 15 is 0 Å². The third kappa shape index (κ3) is 3.02. The SMILES string of the molecule is CCOC(=O)N1CCc2cc(OC)c(OC)cc2C1CCl. The second-order valence-electron chi connectivity index (χ2n) is 4.72. The van der Waals surface area contributed by atoms with E-state index < -0.39 is 0 Å². The number of rotatable bonds is 4. The summed E-state index contributed by atoms with van der Waals surface area (Å²) in [4.78, 5) is 13.7. The van der Waals surface area contributed by atoms with Gasteiger partial charge in [-0.15, -0.1) is 11.6 Å². The summed E-state index contributed by atoms with van der Waals surface area (Å²) in [7, 11) is 3.20. The molecule has 1 amide bonds. The minimum Gasteiger partial charge on any atom is -0.493 e. The van der Waals surface area contributed by atoms with Crippen molar-refractivity contribution >= 4 is 17.7 Å². The van der Waals surface area contributed by atoms with Crippen molar-refractivity contribution in [3.63, 3.8) is 0 Å². The predicted octanol–water partition coefficient (Wildman–Crippen LogP) is 3.00. The summed E-state index contributed by atoms with van der Waals surface area (Å²) in [5.74, 6) is 1.63. The first-order valence-corrected chi connectivity index (χ1v) is 7.43. The van der Waals surface area contributed by atoms with Crippen LogP contribution in [0.4, 0.5) is 4.79 Å². The third-order valence-corrected chi connectivity index (χ3v) is 3.94. The molecule has 0 aromatic heterocycles. The number of nitrogens with zero attached hydrogens (tertiary/aromatic N) is 1. The van der Waals surface area contributed by atoms with Crippen molar-refractivity contribution < 1.29 is 19.0 Å². The Kier molecular flexibility index (Phi) is 5.17. The number of methoxy groups -OCH3 is 2. The van der Waals surface area contributed by atoms with Gasteiger partial charge in [-0.05, 0) is 36.6 Å². The molecule has 0 spiro atoms. The van der Waals surface area contributed by atoms with Crippen molar-refractivity contribution in [3.05, 3.63) is 23.3 Å². The number of alkyl halides is 1. The number of carbonyl (C=O) groups excluding carboxylic acids is 1. The molecule has 0 fully saturated rings. The minimum absolute atomic E-state index is 0.214. The molecule has 116 valence electrons. The summed E-state index contributed by atoms with van der Waals surface area (Å²) in [5, 5.41) is 0. The van der Waals surface area contributed by atoms with Gasteiger partial charge in [-0.3, -0.25) is 4.90 Å². The van der Waals surface area contributed by atoms with Crippen molar-refractivity contribution in [2.75, 3.05) is 33.3 Å². The van der Waals surface area contributed by atoms with E-state index in [0.717, 1.165) is 17.5 Å². The first-order chi connectivity index (χ1) is 10.2. The van der Waals surface area contributed by atoms with Gasteiger partial charge in [0.15, 0.2) is 11.5 Å². The molecule has 5 nitrogen and oxygen atoms in total. The Morgan fingerprint density at radius 1 is 1.33 bits per heavy atom. The number of amides is 1. The molecule has 1 heterocycles. The molecule has 1 atom stereocenters. The molecule has 1 aromatic carbocycles. The Labute approximate surface area is 129 Å². The van der Waals surface area contributed by atoms with Crippen LogP contribution in [-0.2, 0) is 11.2 Å². The fraction of sp³-hybridized carbons (Fsp3) is 0.533. The van der Waals surface area contributed by atoms with E-state index in [1.54, 1.807) is 26.0 Å². The highest BCUT2D eigenvalue weighted by atomic mass is 35.5. The van der Waals surface area contributed by atoms with Crippen molar-refractivity contribution in [3.8, 4) is 11.5 Å². The van der Waals surface area contributed by atoms with Gasteiger partial charge in [0.05, 0.1) is 26.9 Å². The van der Waals surface area contributed by atoms with E-state index in [4.69, 9.17) is 25.8 Å². The lowest BCUT2D eigenvalue weighted by Crippen LogP contribution is -2.41. The van der Waals surface area contributed by atoms with E-state index in [9.17, 15) is 4.79 Å². The van der Waals surface area contributed by atoms with Crippen LogP contribution in [0.15, 0.2) is 12.1 Å². The van der Waals surface area contributed by atoms with Crippen LogP contribution in [0.1, 0.15) is 24.1 Å². The predicted molar refractivity (Wildman–Crippen MR) is 80.4 cm³/mol. The van der Waals surface area contributed by atoms with Gasteiger partial charge in [-0.25, -0.2) is 4.79 Å². The summed E-state index contributed by atoms with van der Waals surface area (Å²) < 4.78 is 15.8. The van der Waals surface area contributed by atoms with Crippen molar-refractivity contribution in [2.24, 2.45) is 0 Å². The van der Waals surface area contributed by atoms with Gasteiger partial charge in [0, 0.05) is 12.4 Å². The van der Waals surface area contributed by atoms with Crippen molar-refractivity contribution in [1.82, 2.24) is 4.90 Å². The fourth-order valence-electron chi connectivity index (χ4n) is 2.62. The maximum absolute atomic E-state index is 12.0. The molecule has 0 saturated heterocycles. The van der Waals surface area contributed by atoms with Gasteiger partial charge in [0.1, 0.15) is 0 Å². The van der Waals surface area contributed by atoms with Gasteiger partial charge in [-0.1, -0.05) is 0 Å². The molecule has 21 heavy (non-hydrogen) atoms. The van der Waals surface area contributed by atoms with Crippen LogP contribution >= 0.6 is 11.6 Å². The zero-order valence-corrected chi connectivity index (χ0v) is 13.3. The second-order valence-corrected chi connectivity index (χ2v) is 5.03. The quantitative estimate of drug-likeness (QED) is 0.802. The Morgan fingerprint density at radius 3 is 2.57 bits per heavy atom. The first-order valence-electron chi connectivity index (χ1n) is 6.90. The number of hydrogen-bond acceptors (Lipinski definition) is 4. The fourth-order valence-corrected chi connectivity index (χ4v) is 2.95. The standard InChI is InChI=1S/C15H20ClNO4/c1-4-21-15(18)17-6-5-10-7-13(19-2)14(20-3)8-11(10)12(17)9-16/h7-8,12H,4-6,9H2,1-3H3. The lowest BCUT2D eigenvalue weighted by Gasteiger charge is -2.35. The Bertz CT molecular complexity index is 521. The number of halogens is 1. The normalized spacial score (nSPS) is 17.1. The van der Waals surface area contributed by atoms with Crippen molar-refractivity contribution in [1.29, 1.82) is 0 Å². The Balaban J connectivity index is 2.39. The molecular weight excluding hydrogens is 294 g/mol. The number of carbonyl (C=O) groups is 1. The van der Waals surface area contributed by atoms with Gasteiger partial charge < -0.3 is 14.2 Å². The van der Waals surface area contributed by atoms with E-state index in [2.05, 4.69) is 0 Å². The summed E-state index contributed by atoms with van der Waals surface area (Å²) in [5.41, 5.74) is 2.11. The molecule has 2 rings (SSSR count). The summed E-state index contributed by atoms with van der Waals surface area (Å²) >= 11 is 6.09. The van der Waals surface area contributed by atoms with Gasteiger partial charge >= 0.3 is 6.09 Å².